The number of likely N-dealkylation sites (tertiary alicyclic amines) is 1. The number of rotatable bonds is 18. The van der Waals surface area contributed by atoms with Crippen LogP contribution in [0, 0.1) is 35.5 Å². The monoisotopic (exact) mass is 1320 g/mol. The molecular weight excluding hydrogens is 1210 g/mol. The van der Waals surface area contributed by atoms with Gasteiger partial charge < -0.3 is 54.9 Å². The molecule has 95 heavy (non-hydrogen) atoms. The molecule has 0 saturated carbocycles. The third-order valence-electron chi connectivity index (χ3n) is 19.1. The molecule has 3 N–H and O–H groups in total. The van der Waals surface area contributed by atoms with Crippen LogP contribution >= 0.6 is 0 Å². The van der Waals surface area contributed by atoms with Crippen LogP contribution < -0.4 is 10.6 Å². The molecule has 2 aliphatic heterocycles. The maximum Gasteiger partial charge on any atom is 0.248 e. The van der Waals surface area contributed by atoms with Crippen molar-refractivity contribution in [3.05, 3.63) is 71.8 Å². The van der Waals surface area contributed by atoms with Gasteiger partial charge in [0, 0.05) is 93.5 Å². The fourth-order valence-corrected chi connectivity index (χ4v) is 12.7. The predicted molar refractivity (Wildman–Crippen MR) is 363 cm³/mol. The van der Waals surface area contributed by atoms with Gasteiger partial charge >= 0.3 is 0 Å². The SMILES string of the molecule is CC(C)C[C@H]1C(=O)N[C@H](C(=O)N(C)[C@@H](Cc2ccccc2)C(=O)C[C@@H](C)C(=O)N2CCCCC2)CC(=O)N(C)[C@H](C)C(=O)N(C)[C@@H](Cc2ccccc2)C(=O)N(C)[C@@H](CC(C)C)C(=O)N[C@@H]([C@@H](C)O)C(=O)N(C)[C@@H](C)C(=O)N(C)[C@@H](CC(C)C)C(=O)C[C@@H](C(C)C)C(=O)N1C. The molecule has 2 aromatic carbocycles. The maximum atomic E-state index is 15.6. The molecule has 0 radical (unpaired) electrons. The average molecular weight is 1330 g/mol. The third-order valence-corrected chi connectivity index (χ3v) is 19.1. The van der Waals surface area contributed by atoms with Crippen LogP contribution in [0.4, 0.5) is 0 Å². The van der Waals surface area contributed by atoms with Gasteiger partial charge in [0.2, 0.25) is 59.1 Å². The van der Waals surface area contributed by atoms with Crippen molar-refractivity contribution in [1.29, 1.82) is 0 Å². The molecule has 2 aliphatic rings. The van der Waals surface area contributed by atoms with E-state index in [2.05, 4.69) is 10.6 Å². The van der Waals surface area contributed by atoms with Crippen molar-refractivity contribution in [3.63, 3.8) is 0 Å². The second-order valence-corrected chi connectivity index (χ2v) is 28.4. The van der Waals surface area contributed by atoms with E-state index in [9.17, 15) is 33.9 Å². The van der Waals surface area contributed by atoms with Crippen molar-refractivity contribution in [3.8, 4) is 0 Å². The summed E-state index contributed by atoms with van der Waals surface area (Å²) in [6.07, 6.45) is -0.0147. The number of hydrogen-bond donors (Lipinski definition) is 3. The minimum Gasteiger partial charge on any atom is -0.391 e. The van der Waals surface area contributed by atoms with Gasteiger partial charge in [0.1, 0.15) is 42.3 Å². The zero-order valence-corrected chi connectivity index (χ0v) is 60.1. The lowest BCUT2D eigenvalue weighted by atomic mass is 9.85. The van der Waals surface area contributed by atoms with Gasteiger partial charge in [-0.15, -0.1) is 0 Å². The Kier molecular flexibility index (Phi) is 30.7. The van der Waals surface area contributed by atoms with E-state index in [-0.39, 0.29) is 68.6 Å². The first-order chi connectivity index (χ1) is 44.4. The molecule has 12 atom stereocenters. The minimum atomic E-state index is -1.74. The standard InChI is InChI=1S/C72H112N10O13/c1-43(2)35-55-61(85)41-53(46(7)8)69(92)79(17)57(36-44(3)4)64(87)73-54(70(93)78(16)56(39-51-29-23-20-24-30-51)60(84)38-47(9)66(89)82-33-27-22-28-34-82)42-62(86)75(13)48(10)67(90)81(19)59(40-52-31-25-21-26-32-52)71(94)80(18)58(37-45(5)6)65(88)74-63(50(12)83)72(95)76(14)49(11)68(91)77(55)15/h20-21,23-26,29-32,43-50,53-59,63,83H,22,27-28,33-42H2,1-19H3,(H,73,87)(H,74,88)/t47-,48-,49+,50-,53+,54+,55+,56+,57+,58+,59+,63+/m1/s1. The van der Waals surface area contributed by atoms with E-state index in [4.69, 9.17) is 0 Å². The highest BCUT2D eigenvalue weighted by Crippen LogP contribution is 2.28. The number of carbonyl (C=O) groups is 12. The largest absolute Gasteiger partial charge is 0.391 e. The Hall–Kier alpha value is -7.56. The summed E-state index contributed by atoms with van der Waals surface area (Å²) in [6, 6.07) is 5.57. The Labute approximate surface area is 564 Å². The van der Waals surface area contributed by atoms with Crippen LogP contribution in [-0.4, -0.2) is 238 Å². The minimum absolute atomic E-state index is 0.00249. The summed E-state index contributed by atoms with van der Waals surface area (Å²) >= 11 is 0. The van der Waals surface area contributed by atoms with Gasteiger partial charge in [-0.1, -0.05) is 123 Å². The van der Waals surface area contributed by atoms with E-state index in [1.54, 1.807) is 86.3 Å². The average Bonchev–Trinajstić information content (AvgIpc) is 0.842. The predicted octanol–water partition coefficient (Wildman–Crippen LogP) is 5.03. The molecule has 23 nitrogen and oxygen atoms in total. The first-order valence-electron chi connectivity index (χ1n) is 34.0. The lowest BCUT2D eigenvalue weighted by Gasteiger charge is -2.38. The Bertz CT molecular complexity index is 2970. The van der Waals surface area contributed by atoms with E-state index < -0.39 is 149 Å². The van der Waals surface area contributed by atoms with Gasteiger partial charge in [-0.05, 0) is 101 Å². The van der Waals surface area contributed by atoms with E-state index in [1.165, 1.54) is 94.6 Å². The lowest BCUT2D eigenvalue weighted by Crippen LogP contribution is -2.62. The van der Waals surface area contributed by atoms with Crippen LogP contribution in [0.25, 0.3) is 0 Å². The molecule has 0 bridgehead atoms. The van der Waals surface area contributed by atoms with Crippen molar-refractivity contribution in [2.75, 3.05) is 62.4 Å². The highest BCUT2D eigenvalue weighted by molar-refractivity contribution is 6.01. The lowest BCUT2D eigenvalue weighted by molar-refractivity contribution is -0.153. The summed E-state index contributed by atoms with van der Waals surface area (Å²) in [7, 11) is 9.74. The smallest absolute Gasteiger partial charge is 0.248 e. The van der Waals surface area contributed by atoms with Gasteiger partial charge in [-0.3, -0.25) is 57.5 Å². The summed E-state index contributed by atoms with van der Waals surface area (Å²) in [5.41, 5.74) is 1.32. The van der Waals surface area contributed by atoms with Crippen LogP contribution in [0.3, 0.4) is 0 Å². The summed E-state index contributed by atoms with van der Waals surface area (Å²) in [4.78, 5) is 189. The summed E-state index contributed by atoms with van der Waals surface area (Å²) in [6.45, 7) is 21.6. The molecule has 0 spiro atoms. The van der Waals surface area contributed by atoms with E-state index in [0.29, 0.717) is 24.2 Å². The second-order valence-electron chi connectivity index (χ2n) is 28.4. The van der Waals surface area contributed by atoms with Crippen molar-refractivity contribution in [1.82, 2.24) is 49.8 Å². The quantitative estimate of drug-likeness (QED) is 0.177. The number of amides is 10. The Morgan fingerprint density at radius 2 is 0.989 bits per heavy atom. The number of aliphatic hydroxyl groups excluding tert-OH is 1. The summed E-state index contributed by atoms with van der Waals surface area (Å²) in [5.74, 6) is -10.9. The highest BCUT2D eigenvalue weighted by Gasteiger charge is 2.44. The fourth-order valence-electron chi connectivity index (χ4n) is 12.7. The highest BCUT2D eigenvalue weighted by atomic mass is 16.3. The van der Waals surface area contributed by atoms with E-state index in [1.807, 2.05) is 41.5 Å². The van der Waals surface area contributed by atoms with Crippen molar-refractivity contribution >= 4 is 70.6 Å². The molecule has 2 aromatic rings. The molecule has 0 unspecified atom stereocenters. The zero-order chi connectivity index (χ0) is 71.6. The Morgan fingerprint density at radius 3 is 1.48 bits per heavy atom. The topological polar surface area (TPSA) is 275 Å². The third kappa shape index (κ3) is 21.7. The number of carbonyl (C=O) groups excluding carboxylic acids is 12. The molecule has 528 valence electrons. The number of likely N-dealkylation sites (N-methyl/N-ethyl adjacent to an activating group) is 7. The van der Waals surface area contributed by atoms with Gasteiger partial charge in [0.15, 0.2) is 11.6 Å². The van der Waals surface area contributed by atoms with Gasteiger partial charge in [0.25, 0.3) is 0 Å². The maximum absolute atomic E-state index is 15.6. The van der Waals surface area contributed by atoms with Crippen molar-refractivity contribution < 1.29 is 62.6 Å². The van der Waals surface area contributed by atoms with Gasteiger partial charge in [0.05, 0.1) is 24.6 Å². The molecule has 0 aliphatic carbocycles. The normalized spacial score (nSPS) is 24.9. The Balaban J connectivity index is 1.98. The van der Waals surface area contributed by atoms with Gasteiger partial charge in [-0.25, -0.2) is 0 Å². The second kappa shape index (κ2) is 36.5. The molecular formula is C72H112N10O13. The van der Waals surface area contributed by atoms with E-state index >= 15 is 28.8 Å². The molecule has 23 heteroatoms. The van der Waals surface area contributed by atoms with Crippen molar-refractivity contribution in [2.45, 2.75) is 214 Å². The molecule has 10 amide bonds. The number of piperidine rings is 1. The van der Waals surface area contributed by atoms with Crippen molar-refractivity contribution in [2.24, 2.45) is 35.5 Å². The fraction of sp³-hybridized carbons (Fsp3) is 0.667. The van der Waals surface area contributed by atoms with Crippen LogP contribution in [-0.2, 0) is 70.4 Å². The number of nitrogens with one attached hydrogen (secondary N) is 2. The van der Waals surface area contributed by atoms with E-state index in [0.717, 1.165) is 29.1 Å². The molecule has 2 fully saturated rings. The number of ketones is 2. The number of Topliss-reactive ketones (excluding diaryl/α,β-unsaturated/α-hetero) is 2. The number of nitrogens with zero attached hydrogens (tertiary/aromatic N) is 8. The summed E-state index contributed by atoms with van der Waals surface area (Å²) in [5, 5.41) is 16.7. The molecule has 0 aromatic heterocycles. The number of hydrogen-bond acceptors (Lipinski definition) is 13. The molecule has 2 heterocycles. The van der Waals surface area contributed by atoms with Crippen LogP contribution in [0.5, 0.6) is 0 Å². The van der Waals surface area contributed by atoms with Gasteiger partial charge in [-0.2, -0.15) is 0 Å². The first-order valence-corrected chi connectivity index (χ1v) is 34.0. The molecule has 4 rings (SSSR count). The zero-order valence-electron chi connectivity index (χ0n) is 60.1. The summed E-state index contributed by atoms with van der Waals surface area (Å²) < 4.78 is 0. The molecule has 2 saturated heterocycles. The number of aliphatic hydroxyl groups is 1. The van der Waals surface area contributed by atoms with Crippen LogP contribution in [0.1, 0.15) is 152 Å². The first kappa shape index (κ1) is 79.9. The van der Waals surface area contributed by atoms with Crippen LogP contribution in [0.15, 0.2) is 60.7 Å². The van der Waals surface area contributed by atoms with Crippen LogP contribution in [0.2, 0.25) is 0 Å². The Morgan fingerprint density at radius 1 is 0.537 bits per heavy atom. The number of benzene rings is 2.